The minimum absolute atomic E-state index is 0.115. The maximum atomic E-state index is 12.7. The summed E-state index contributed by atoms with van der Waals surface area (Å²) in [4.78, 5) is 17.4. The number of amides is 1. The molecular formula is C21H32N6OS. The van der Waals surface area contributed by atoms with Gasteiger partial charge in [0, 0.05) is 43.0 Å². The summed E-state index contributed by atoms with van der Waals surface area (Å²) in [7, 11) is 0. The number of likely N-dealkylation sites (N-methyl/N-ethyl adjacent to an activating group) is 1. The third-order valence-electron chi connectivity index (χ3n) is 6.42. The number of piperidine rings is 1. The molecule has 4 heterocycles. The maximum Gasteiger partial charge on any atom is 0.223 e. The predicted molar refractivity (Wildman–Crippen MR) is 117 cm³/mol. The number of hydrogen-bond acceptors (Lipinski definition) is 6. The second-order valence-corrected chi connectivity index (χ2v) is 9.18. The largest absolute Gasteiger partial charge is 0.354 e. The van der Waals surface area contributed by atoms with E-state index in [1.165, 1.54) is 30.8 Å². The van der Waals surface area contributed by atoms with Crippen LogP contribution in [0.2, 0.25) is 0 Å². The molecule has 0 radical (unpaired) electrons. The van der Waals surface area contributed by atoms with Crippen LogP contribution in [0.25, 0.3) is 5.13 Å². The minimum Gasteiger partial charge on any atom is -0.354 e. The Hall–Kier alpha value is -1.93. The van der Waals surface area contributed by atoms with Gasteiger partial charge >= 0.3 is 0 Å². The molecule has 2 aliphatic heterocycles. The van der Waals surface area contributed by atoms with E-state index in [4.69, 9.17) is 0 Å². The van der Waals surface area contributed by atoms with Gasteiger partial charge in [-0.25, -0.2) is 0 Å². The van der Waals surface area contributed by atoms with Crippen LogP contribution in [0.5, 0.6) is 0 Å². The zero-order chi connectivity index (χ0) is 20.4. The molecule has 1 unspecified atom stereocenters. The lowest BCUT2D eigenvalue weighted by Crippen LogP contribution is -2.44. The first-order valence-electron chi connectivity index (χ1n) is 10.8. The number of carbonyl (C=O) groups is 1. The Kier molecular flexibility index (Phi) is 6.20. The number of hydrogen-bond donors (Lipinski definition) is 1. The van der Waals surface area contributed by atoms with E-state index in [0.717, 1.165) is 49.3 Å². The van der Waals surface area contributed by atoms with E-state index < -0.39 is 0 Å². The van der Waals surface area contributed by atoms with E-state index in [1.54, 1.807) is 11.3 Å². The van der Waals surface area contributed by atoms with E-state index >= 15 is 0 Å². The van der Waals surface area contributed by atoms with Crippen molar-refractivity contribution in [1.82, 2.24) is 25.0 Å². The first kappa shape index (κ1) is 20.3. The Labute approximate surface area is 177 Å². The van der Waals surface area contributed by atoms with E-state index in [1.807, 2.05) is 0 Å². The van der Waals surface area contributed by atoms with Crippen molar-refractivity contribution in [2.45, 2.75) is 52.5 Å². The van der Waals surface area contributed by atoms with Crippen LogP contribution >= 0.6 is 11.3 Å². The van der Waals surface area contributed by atoms with Crippen LogP contribution < -0.4 is 10.2 Å². The molecule has 2 fully saturated rings. The summed E-state index contributed by atoms with van der Waals surface area (Å²) in [6.45, 7) is 11.1. The Bertz CT molecular complexity index is 819. The molecule has 0 saturated carbocycles. The Morgan fingerprint density at radius 1 is 1.10 bits per heavy atom. The fourth-order valence-electron chi connectivity index (χ4n) is 4.63. The Morgan fingerprint density at radius 3 is 2.48 bits per heavy atom. The molecule has 1 N–H and O–H groups in total. The smallest absolute Gasteiger partial charge is 0.223 e. The first-order chi connectivity index (χ1) is 14.1. The lowest BCUT2D eigenvalue weighted by atomic mass is 9.96. The van der Waals surface area contributed by atoms with Crippen molar-refractivity contribution in [3.05, 3.63) is 23.5 Å². The number of nitrogens with one attached hydrogen (secondary N) is 1. The van der Waals surface area contributed by atoms with Gasteiger partial charge in [-0.1, -0.05) is 18.3 Å². The van der Waals surface area contributed by atoms with Crippen LogP contribution in [0.4, 0.5) is 5.13 Å². The van der Waals surface area contributed by atoms with Gasteiger partial charge in [0.05, 0.1) is 0 Å². The number of carbonyl (C=O) groups excluding carboxylic acids is 1. The quantitative estimate of drug-likeness (QED) is 0.784. The molecule has 2 aliphatic rings. The molecule has 0 bridgehead atoms. The fraction of sp³-hybridized carbons (Fsp3) is 0.667. The SMILES string of the molecule is CCN1CCCC1CNC(=O)C1CCN(c2nnc(-n3c(C)ccc3C)s2)CC1. The zero-order valence-electron chi connectivity index (χ0n) is 17.7. The topological polar surface area (TPSA) is 66.3 Å². The Balaban J connectivity index is 1.29. The highest BCUT2D eigenvalue weighted by atomic mass is 32.1. The monoisotopic (exact) mass is 416 g/mol. The Morgan fingerprint density at radius 2 is 1.79 bits per heavy atom. The lowest BCUT2D eigenvalue weighted by Gasteiger charge is -2.31. The summed E-state index contributed by atoms with van der Waals surface area (Å²) < 4.78 is 2.14. The van der Waals surface area contributed by atoms with Crippen molar-refractivity contribution in [1.29, 1.82) is 0 Å². The van der Waals surface area contributed by atoms with Crippen LogP contribution in [0.1, 0.15) is 44.0 Å². The van der Waals surface area contributed by atoms with Gasteiger partial charge in [0.25, 0.3) is 0 Å². The number of aryl methyl sites for hydroxylation is 2. The van der Waals surface area contributed by atoms with Crippen LogP contribution in [0.3, 0.4) is 0 Å². The van der Waals surface area contributed by atoms with Crippen molar-refractivity contribution < 1.29 is 4.79 Å². The van der Waals surface area contributed by atoms with Gasteiger partial charge in [-0.3, -0.25) is 14.3 Å². The van der Waals surface area contributed by atoms with Gasteiger partial charge in [-0.2, -0.15) is 0 Å². The summed E-state index contributed by atoms with van der Waals surface area (Å²) in [5, 5.41) is 13.9. The average molecular weight is 417 g/mol. The molecule has 7 nitrogen and oxygen atoms in total. The molecule has 2 aromatic rings. The molecule has 158 valence electrons. The van der Waals surface area contributed by atoms with Crippen LogP contribution in [-0.2, 0) is 4.79 Å². The molecular weight excluding hydrogens is 384 g/mol. The molecule has 1 atom stereocenters. The van der Waals surface area contributed by atoms with Crippen LogP contribution in [0.15, 0.2) is 12.1 Å². The highest BCUT2D eigenvalue weighted by Gasteiger charge is 2.29. The molecule has 2 aromatic heterocycles. The highest BCUT2D eigenvalue weighted by molar-refractivity contribution is 7.17. The van der Waals surface area contributed by atoms with Crippen LogP contribution in [-0.4, -0.2) is 64.3 Å². The lowest BCUT2D eigenvalue weighted by molar-refractivity contribution is -0.125. The molecule has 29 heavy (non-hydrogen) atoms. The van der Waals surface area contributed by atoms with E-state index in [0.29, 0.717) is 6.04 Å². The molecule has 2 saturated heterocycles. The second-order valence-electron chi connectivity index (χ2n) is 8.25. The van der Waals surface area contributed by atoms with Gasteiger partial charge in [-0.05, 0) is 64.8 Å². The van der Waals surface area contributed by atoms with Gasteiger partial charge in [0.2, 0.25) is 16.2 Å². The second kappa shape index (κ2) is 8.83. The molecule has 0 aromatic carbocycles. The number of anilines is 1. The van der Waals surface area contributed by atoms with Crippen molar-refractivity contribution in [2.75, 3.05) is 37.6 Å². The third kappa shape index (κ3) is 4.33. The molecule has 8 heteroatoms. The van der Waals surface area contributed by atoms with Gasteiger partial charge < -0.3 is 10.2 Å². The van der Waals surface area contributed by atoms with E-state index in [-0.39, 0.29) is 11.8 Å². The average Bonchev–Trinajstić information content (AvgIpc) is 3.46. The summed E-state index contributed by atoms with van der Waals surface area (Å²) >= 11 is 1.63. The summed E-state index contributed by atoms with van der Waals surface area (Å²) in [6.07, 6.45) is 4.21. The third-order valence-corrected chi connectivity index (χ3v) is 7.39. The number of aromatic nitrogens is 3. The molecule has 1 amide bonds. The number of rotatable bonds is 6. The normalized spacial score (nSPS) is 21.1. The summed E-state index contributed by atoms with van der Waals surface area (Å²) in [6, 6.07) is 4.72. The predicted octanol–water partition coefficient (Wildman–Crippen LogP) is 2.76. The van der Waals surface area contributed by atoms with Crippen LogP contribution in [0, 0.1) is 19.8 Å². The zero-order valence-corrected chi connectivity index (χ0v) is 18.5. The standard InChI is InChI=1S/C21H32N6OS/c1-4-25-11-5-6-18(25)14-22-19(28)17-9-12-26(13-10-17)20-23-24-21(29-20)27-15(2)7-8-16(27)3/h7-8,17-18H,4-6,9-14H2,1-3H3,(H,22,28). The summed E-state index contributed by atoms with van der Waals surface area (Å²) in [5.74, 6) is 0.341. The van der Waals surface area contributed by atoms with Crippen molar-refractivity contribution in [3.63, 3.8) is 0 Å². The first-order valence-corrected chi connectivity index (χ1v) is 11.6. The van der Waals surface area contributed by atoms with E-state index in [9.17, 15) is 4.79 Å². The minimum atomic E-state index is 0.115. The van der Waals surface area contributed by atoms with Crippen molar-refractivity contribution in [3.8, 4) is 5.13 Å². The van der Waals surface area contributed by atoms with Gasteiger partial charge in [0.1, 0.15) is 0 Å². The van der Waals surface area contributed by atoms with Gasteiger partial charge in [-0.15, -0.1) is 10.2 Å². The highest BCUT2D eigenvalue weighted by Crippen LogP contribution is 2.29. The number of nitrogens with zero attached hydrogens (tertiary/aromatic N) is 5. The molecule has 0 aliphatic carbocycles. The molecule has 4 rings (SSSR count). The maximum absolute atomic E-state index is 12.7. The van der Waals surface area contributed by atoms with Gasteiger partial charge in [0.15, 0.2) is 0 Å². The fourth-order valence-corrected chi connectivity index (χ4v) is 5.65. The summed E-state index contributed by atoms with van der Waals surface area (Å²) in [5.41, 5.74) is 2.34. The number of likely N-dealkylation sites (tertiary alicyclic amines) is 1. The molecule has 0 spiro atoms. The van der Waals surface area contributed by atoms with Crippen molar-refractivity contribution in [2.24, 2.45) is 5.92 Å². The van der Waals surface area contributed by atoms with E-state index in [2.05, 4.69) is 62.8 Å². The van der Waals surface area contributed by atoms with Crippen molar-refractivity contribution >= 4 is 22.4 Å².